The maximum Gasteiger partial charge on any atom is 0.222 e. The third-order valence-corrected chi connectivity index (χ3v) is 5.14. The summed E-state index contributed by atoms with van der Waals surface area (Å²) >= 11 is 0. The van der Waals surface area contributed by atoms with E-state index in [1.807, 2.05) is 13.0 Å². The highest BCUT2D eigenvalue weighted by molar-refractivity contribution is 5.81. The number of amides is 1. The quantitative estimate of drug-likeness (QED) is 0.378. The number of aliphatic hydroxyl groups excluding tert-OH is 2. The fraction of sp³-hybridized carbons (Fsp3) is 0.500. The number of rotatable bonds is 6. The average molecular weight is 416 g/mol. The van der Waals surface area contributed by atoms with Crippen molar-refractivity contribution in [2.24, 2.45) is 0 Å². The highest BCUT2D eigenvalue weighted by atomic mass is 16.5. The number of carbonyl (C=O) groups is 1. The zero-order valence-electron chi connectivity index (χ0n) is 16.4. The van der Waals surface area contributed by atoms with Gasteiger partial charge in [0, 0.05) is 19.2 Å². The van der Waals surface area contributed by atoms with Crippen LogP contribution in [-0.4, -0.2) is 76.4 Å². The van der Waals surface area contributed by atoms with Gasteiger partial charge in [0.05, 0.1) is 31.2 Å². The standard InChI is InChI=1S/C18H24N8O4/c1-10-2-4-26(24-10)5-3-13(27)23-11-7-30-12(16(29)15(11)28)6-25-9-22-18-14(25)17(19)20-8-21-18/h2,4,8-9,11-12,15-16,28-29H,3,5-7H2,1H3,(H,23,27)(H2,19,20,21)/t11-,12-,15+,16-/m1/s1. The number of aryl methyl sites for hydroxylation is 2. The average Bonchev–Trinajstić information content (AvgIpc) is 3.33. The molecule has 30 heavy (non-hydrogen) atoms. The number of carbonyl (C=O) groups excluding carboxylic acids is 1. The van der Waals surface area contributed by atoms with E-state index in [9.17, 15) is 15.0 Å². The summed E-state index contributed by atoms with van der Waals surface area (Å²) in [5, 5.41) is 28.0. The lowest BCUT2D eigenvalue weighted by atomic mass is 9.97. The molecule has 3 aromatic rings. The van der Waals surface area contributed by atoms with Crippen LogP contribution in [0.5, 0.6) is 0 Å². The van der Waals surface area contributed by atoms with E-state index in [0.29, 0.717) is 17.7 Å². The number of nitrogens with zero attached hydrogens (tertiary/aromatic N) is 6. The van der Waals surface area contributed by atoms with Crippen LogP contribution >= 0.6 is 0 Å². The van der Waals surface area contributed by atoms with Crippen LogP contribution in [0, 0.1) is 6.92 Å². The molecule has 0 aromatic carbocycles. The largest absolute Gasteiger partial charge is 0.388 e. The van der Waals surface area contributed by atoms with Gasteiger partial charge in [0.25, 0.3) is 0 Å². The van der Waals surface area contributed by atoms with Crippen molar-refractivity contribution in [3.8, 4) is 0 Å². The Morgan fingerprint density at radius 2 is 2.17 bits per heavy atom. The number of anilines is 1. The number of hydrogen-bond acceptors (Lipinski definition) is 9. The number of imidazole rings is 1. The summed E-state index contributed by atoms with van der Waals surface area (Å²) in [6.45, 7) is 2.56. The molecule has 12 heteroatoms. The number of aliphatic hydroxyl groups is 2. The molecule has 0 spiro atoms. The van der Waals surface area contributed by atoms with Gasteiger partial charge in [-0.15, -0.1) is 0 Å². The van der Waals surface area contributed by atoms with Crippen LogP contribution in [-0.2, 0) is 22.6 Å². The van der Waals surface area contributed by atoms with Gasteiger partial charge in [-0.25, -0.2) is 15.0 Å². The molecule has 0 radical (unpaired) electrons. The van der Waals surface area contributed by atoms with Crippen LogP contribution in [0.4, 0.5) is 5.82 Å². The molecule has 1 aliphatic heterocycles. The molecule has 3 aromatic heterocycles. The van der Waals surface area contributed by atoms with Gasteiger partial charge in [0.15, 0.2) is 11.5 Å². The third-order valence-electron chi connectivity index (χ3n) is 5.14. The van der Waals surface area contributed by atoms with E-state index in [1.165, 1.54) is 12.7 Å². The molecule has 1 saturated heterocycles. The molecular formula is C18H24N8O4. The minimum absolute atomic E-state index is 0.0636. The van der Waals surface area contributed by atoms with Crippen molar-refractivity contribution in [1.82, 2.24) is 34.6 Å². The molecule has 0 bridgehead atoms. The first-order chi connectivity index (χ1) is 14.4. The van der Waals surface area contributed by atoms with Crippen molar-refractivity contribution in [2.75, 3.05) is 12.3 Å². The SMILES string of the molecule is Cc1ccn(CCC(=O)N[C@@H]2CO[C@H](Cn3cnc4ncnc(N)c43)[C@@H](O)[C@H]2O)n1. The minimum atomic E-state index is -1.21. The van der Waals surface area contributed by atoms with Crippen LogP contribution in [0.15, 0.2) is 24.9 Å². The molecule has 4 heterocycles. The van der Waals surface area contributed by atoms with Gasteiger partial charge in [-0.3, -0.25) is 9.48 Å². The van der Waals surface area contributed by atoms with Gasteiger partial charge in [0.1, 0.15) is 30.2 Å². The van der Waals surface area contributed by atoms with Crippen LogP contribution in [0.1, 0.15) is 12.1 Å². The van der Waals surface area contributed by atoms with Crippen molar-refractivity contribution in [3.63, 3.8) is 0 Å². The molecule has 4 rings (SSSR count). The topological polar surface area (TPSA) is 166 Å². The van der Waals surface area contributed by atoms with Crippen molar-refractivity contribution in [3.05, 3.63) is 30.6 Å². The highest BCUT2D eigenvalue weighted by Crippen LogP contribution is 2.21. The molecule has 0 aliphatic carbocycles. The first-order valence-electron chi connectivity index (χ1n) is 9.61. The normalized spacial score (nSPS) is 24.2. The van der Waals surface area contributed by atoms with E-state index in [0.717, 1.165) is 5.69 Å². The van der Waals surface area contributed by atoms with Gasteiger partial charge in [-0.2, -0.15) is 5.10 Å². The van der Waals surface area contributed by atoms with Gasteiger partial charge >= 0.3 is 0 Å². The van der Waals surface area contributed by atoms with Gasteiger partial charge in [-0.05, 0) is 13.0 Å². The number of nitrogens with one attached hydrogen (secondary N) is 1. The summed E-state index contributed by atoms with van der Waals surface area (Å²) in [6, 6.07) is 1.15. The molecule has 0 unspecified atom stereocenters. The van der Waals surface area contributed by atoms with E-state index in [1.54, 1.807) is 15.4 Å². The second-order valence-corrected chi connectivity index (χ2v) is 7.33. The fourth-order valence-electron chi connectivity index (χ4n) is 3.52. The Morgan fingerprint density at radius 3 is 2.93 bits per heavy atom. The number of nitrogen functional groups attached to an aromatic ring is 1. The molecule has 5 N–H and O–H groups in total. The van der Waals surface area contributed by atoms with E-state index in [-0.39, 0.29) is 31.3 Å². The number of fused-ring (bicyclic) bond motifs is 1. The molecular weight excluding hydrogens is 392 g/mol. The first kappa shape index (κ1) is 20.2. The van der Waals surface area contributed by atoms with Crippen molar-refractivity contribution in [2.45, 2.75) is 50.8 Å². The smallest absolute Gasteiger partial charge is 0.222 e. The summed E-state index contributed by atoms with van der Waals surface area (Å²) in [5.74, 6) is 0.00726. The molecule has 160 valence electrons. The van der Waals surface area contributed by atoms with Gasteiger partial charge in [0.2, 0.25) is 5.91 Å². The predicted molar refractivity (Wildman–Crippen MR) is 105 cm³/mol. The molecule has 0 saturated carbocycles. The second-order valence-electron chi connectivity index (χ2n) is 7.33. The maximum atomic E-state index is 12.2. The molecule has 4 atom stereocenters. The fourth-order valence-corrected chi connectivity index (χ4v) is 3.52. The monoisotopic (exact) mass is 416 g/mol. The molecule has 1 aliphatic rings. The zero-order chi connectivity index (χ0) is 21.3. The van der Waals surface area contributed by atoms with E-state index in [4.69, 9.17) is 10.5 Å². The highest BCUT2D eigenvalue weighted by Gasteiger charge is 2.39. The first-order valence-corrected chi connectivity index (χ1v) is 9.61. The number of nitrogens with two attached hydrogens (primary N) is 1. The summed E-state index contributed by atoms with van der Waals surface area (Å²) < 4.78 is 9.09. The Balaban J connectivity index is 1.34. The Bertz CT molecular complexity index is 1030. The van der Waals surface area contributed by atoms with Crippen molar-refractivity contribution < 1.29 is 19.7 Å². The number of hydrogen-bond donors (Lipinski definition) is 4. The van der Waals surface area contributed by atoms with Crippen LogP contribution in [0.25, 0.3) is 11.2 Å². The number of ether oxygens (including phenoxy) is 1. The predicted octanol–water partition coefficient (Wildman–Crippen LogP) is -1.39. The van der Waals surface area contributed by atoms with E-state index in [2.05, 4.69) is 25.4 Å². The van der Waals surface area contributed by atoms with Crippen molar-refractivity contribution >= 4 is 22.9 Å². The lowest BCUT2D eigenvalue weighted by molar-refractivity contribution is -0.158. The summed E-state index contributed by atoms with van der Waals surface area (Å²) in [7, 11) is 0. The summed E-state index contributed by atoms with van der Waals surface area (Å²) in [5.41, 5.74) is 7.74. The second kappa shape index (κ2) is 8.34. The molecule has 12 nitrogen and oxygen atoms in total. The van der Waals surface area contributed by atoms with E-state index < -0.39 is 24.4 Å². The lowest BCUT2D eigenvalue weighted by Gasteiger charge is -2.38. The lowest BCUT2D eigenvalue weighted by Crippen LogP contribution is -2.60. The van der Waals surface area contributed by atoms with Crippen LogP contribution in [0.2, 0.25) is 0 Å². The van der Waals surface area contributed by atoms with Crippen molar-refractivity contribution in [1.29, 1.82) is 0 Å². The third kappa shape index (κ3) is 4.10. The Kier molecular flexibility index (Phi) is 5.61. The van der Waals surface area contributed by atoms with Crippen LogP contribution in [0.3, 0.4) is 0 Å². The number of aromatic nitrogens is 6. The summed E-state index contributed by atoms with van der Waals surface area (Å²) in [6.07, 6.45) is 1.76. The zero-order valence-corrected chi connectivity index (χ0v) is 16.4. The minimum Gasteiger partial charge on any atom is -0.388 e. The molecule has 1 amide bonds. The Labute approximate surface area is 171 Å². The van der Waals surface area contributed by atoms with Gasteiger partial charge in [-0.1, -0.05) is 0 Å². The Morgan fingerprint density at radius 1 is 1.33 bits per heavy atom. The Hall–Kier alpha value is -3.09. The van der Waals surface area contributed by atoms with E-state index >= 15 is 0 Å². The van der Waals surface area contributed by atoms with Crippen LogP contribution < -0.4 is 11.1 Å². The van der Waals surface area contributed by atoms with Gasteiger partial charge < -0.3 is 30.6 Å². The molecule has 1 fully saturated rings. The maximum absolute atomic E-state index is 12.2. The summed E-state index contributed by atoms with van der Waals surface area (Å²) in [4.78, 5) is 24.4.